The number of nitrogens with one attached hydrogen (secondary N) is 1. The van der Waals surface area contributed by atoms with Crippen molar-refractivity contribution in [3.8, 4) is 5.69 Å². The summed E-state index contributed by atoms with van der Waals surface area (Å²) in [6.45, 7) is 4.80. The van der Waals surface area contributed by atoms with E-state index < -0.39 is 0 Å². The van der Waals surface area contributed by atoms with E-state index in [0.717, 1.165) is 39.3 Å². The Bertz CT molecular complexity index is 1090. The van der Waals surface area contributed by atoms with Crippen molar-refractivity contribution in [2.75, 3.05) is 39.4 Å². The van der Waals surface area contributed by atoms with Crippen LogP contribution in [0, 0.1) is 0 Å². The van der Waals surface area contributed by atoms with E-state index in [2.05, 4.69) is 15.3 Å². The normalized spacial score (nSPS) is 14.7. The largest absolute Gasteiger partial charge is 0.379 e. The Kier molecular flexibility index (Phi) is 6.42. The molecule has 0 bridgehead atoms. The Morgan fingerprint density at radius 1 is 1.07 bits per heavy atom. The Balaban J connectivity index is 1.56. The number of hydrogen-bond acceptors (Lipinski definition) is 5. The van der Waals surface area contributed by atoms with Gasteiger partial charge >= 0.3 is 0 Å². The van der Waals surface area contributed by atoms with Gasteiger partial charge in [-0.15, -0.1) is 0 Å². The zero-order chi connectivity index (χ0) is 20.9. The van der Waals surface area contributed by atoms with Gasteiger partial charge < -0.3 is 10.1 Å². The van der Waals surface area contributed by atoms with Gasteiger partial charge in [-0.25, -0.2) is 0 Å². The zero-order valence-corrected chi connectivity index (χ0v) is 17.3. The maximum absolute atomic E-state index is 12.9. The van der Waals surface area contributed by atoms with Gasteiger partial charge in [0.1, 0.15) is 0 Å². The minimum Gasteiger partial charge on any atom is -0.379 e. The maximum Gasteiger partial charge on any atom is 0.279 e. The van der Waals surface area contributed by atoms with Gasteiger partial charge in [0.15, 0.2) is 5.69 Å². The SMILES string of the molecule is O=C(NCCCN1CCOCC1)c1nn(-c2ccc(Cl)cc2)c(=O)c2ccccc12. The molecular formula is C22H23ClN4O3. The van der Waals surface area contributed by atoms with E-state index in [-0.39, 0.29) is 17.2 Å². The monoisotopic (exact) mass is 426 g/mol. The highest BCUT2D eigenvalue weighted by atomic mass is 35.5. The third kappa shape index (κ3) is 4.53. The summed E-state index contributed by atoms with van der Waals surface area (Å²) in [7, 11) is 0. The highest BCUT2D eigenvalue weighted by molar-refractivity contribution is 6.30. The zero-order valence-electron chi connectivity index (χ0n) is 16.5. The van der Waals surface area contributed by atoms with Crippen molar-refractivity contribution in [1.29, 1.82) is 0 Å². The summed E-state index contributed by atoms with van der Waals surface area (Å²) in [5, 5.41) is 8.88. The molecule has 1 aromatic heterocycles. The number of halogens is 1. The van der Waals surface area contributed by atoms with Gasteiger partial charge in [-0.2, -0.15) is 9.78 Å². The van der Waals surface area contributed by atoms with Crippen LogP contribution < -0.4 is 10.9 Å². The number of carbonyl (C=O) groups excluding carboxylic acids is 1. The fraction of sp³-hybridized carbons (Fsp3) is 0.318. The Hall–Kier alpha value is -2.74. The average molecular weight is 427 g/mol. The van der Waals surface area contributed by atoms with Gasteiger partial charge in [0, 0.05) is 30.0 Å². The third-order valence-electron chi connectivity index (χ3n) is 5.13. The predicted octanol–water partition coefficient (Wildman–Crippen LogP) is 2.49. The number of ether oxygens (including phenoxy) is 1. The summed E-state index contributed by atoms with van der Waals surface area (Å²) in [6, 6.07) is 13.8. The minimum absolute atomic E-state index is 0.228. The molecule has 30 heavy (non-hydrogen) atoms. The molecule has 0 aliphatic carbocycles. The lowest BCUT2D eigenvalue weighted by Crippen LogP contribution is -2.38. The molecule has 1 aliphatic rings. The molecule has 1 fully saturated rings. The van der Waals surface area contributed by atoms with Crippen LogP contribution in [0.25, 0.3) is 16.5 Å². The molecule has 156 valence electrons. The second-order valence-corrected chi connectivity index (χ2v) is 7.59. The fourth-order valence-electron chi connectivity index (χ4n) is 3.53. The van der Waals surface area contributed by atoms with Crippen LogP contribution in [0.15, 0.2) is 53.3 Å². The van der Waals surface area contributed by atoms with Crippen LogP contribution in [-0.4, -0.2) is 60.0 Å². The van der Waals surface area contributed by atoms with Gasteiger partial charge in [-0.05, 0) is 43.3 Å². The second kappa shape index (κ2) is 9.38. The molecule has 8 heteroatoms. The summed E-state index contributed by atoms with van der Waals surface area (Å²) in [4.78, 5) is 28.2. The van der Waals surface area contributed by atoms with Gasteiger partial charge in [0.05, 0.1) is 24.3 Å². The van der Waals surface area contributed by atoms with Crippen molar-refractivity contribution in [1.82, 2.24) is 20.0 Å². The molecule has 1 aliphatic heterocycles. The van der Waals surface area contributed by atoms with Crippen molar-refractivity contribution in [2.24, 2.45) is 0 Å². The summed E-state index contributed by atoms with van der Waals surface area (Å²) < 4.78 is 6.60. The molecule has 0 radical (unpaired) electrons. The van der Waals surface area contributed by atoms with Crippen molar-refractivity contribution in [3.63, 3.8) is 0 Å². The third-order valence-corrected chi connectivity index (χ3v) is 5.38. The molecule has 2 aromatic carbocycles. The Morgan fingerprint density at radius 2 is 1.77 bits per heavy atom. The first-order valence-corrected chi connectivity index (χ1v) is 10.4. The van der Waals surface area contributed by atoms with Crippen LogP contribution in [0.1, 0.15) is 16.9 Å². The predicted molar refractivity (Wildman–Crippen MR) is 117 cm³/mol. The highest BCUT2D eigenvalue weighted by Gasteiger charge is 2.17. The van der Waals surface area contributed by atoms with Crippen molar-refractivity contribution in [2.45, 2.75) is 6.42 Å². The van der Waals surface area contributed by atoms with Crippen molar-refractivity contribution < 1.29 is 9.53 Å². The molecule has 0 atom stereocenters. The number of benzene rings is 2. The lowest BCUT2D eigenvalue weighted by Gasteiger charge is -2.26. The van der Waals surface area contributed by atoms with Crippen LogP contribution in [-0.2, 0) is 4.74 Å². The first-order chi connectivity index (χ1) is 14.6. The van der Waals surface area contributed by atoms with Gasteiger partial charge in [0.25, 0.3) is 11.5 Å². The Labute approximate surface area is 179 Å². The maximum atomic E-state index is 12.9. The lowest BCUT2D eigenvalue weighted by molar-refractivity contribution is 0.0374. The van der Waals surface area contributed by atoms with Gasteiger partial charge in [-0.3, -0.25) is 14.5 Å². The smallest absolute Gasteiger partial charge is 0.279 e. The number of aromatic nitrogens is 2. The van der Waals surface area contributed by atoms with Crippen molar-refractivity contribution in [3.05, 3.63) is 69.6 Å². The van der Waals surface area contributed by atoms with Crippen LogP contribution in [0.2, 0.25) is 5.02 Å². The molecule has 2 heterocycles. The topological polar surface area (TPSA) is 76.5 Å². The van der Waals surface area contributed by atoms with E-state index >= 15 is 0 Å². The van der Waals surface area contributed by atoms with Crippen LogP contribution in [0.4, 0.5) is 0 Å². The molecule has 3 aromatic rings. The summed E-state index contributed by atoms with van der Waals surface area (Å²) in [5.74, 6) is -0.295. The van der Waals surface area contributed by atoms with E-state index in [4.69, 9.17) is 16.3 Å². The molecule has 4 rings (SSSR count). The standard InChI is InChI=1S/C22H23ClN4O3/c23-16-6-8-17(9-7-16)27-22(29)19-5-2-1-4-18(19)20(25-27)21(28)24-10-3-11-26-12-14-30-15-13-26/h1-2,4-9H,3,10-15H2,(H,24,28). The number of rotatable bonds is 6. The Morgan fingerprint density at radius 3 is 2.50 bits per heavy atom. The molecule has 1 saturated heterocycles. The molecule has 0 spiro atoms. The fourth-order valence-corrected chi connectivity index (χ4v) is 3.65. The first kappa shape index (κ1) is 20.5. The van der Waals surface area contributed by atoms with Crippen LogP contribution >= 0.6 is 11.6 Å². The van der Waals surface area contributed by atoms with Gasteiger partial charge in [-0.1, -0.05) is 29.8 Å². The summed E-state index contributed by atoms with van der Waals surface area (Å²) >= 11 is 5.96. The number of nitrogens with zero attached hydrogens (tertiary/aromatic N) is 3. The molecule has 0 saturated carbocycles. The summed E-state index contributed by atoms with van der Waals surface area (Å²) in [5.41, 5.74) is 0.500. The number of amides is 1. The molecule has 7 nitrogen and oxygen atoms in total. The molecular weight excluding hydrogens is 404 g/mol. The van der Waals surface area contributed by atoms with Crippen molar-refractivity contribution >= 4 is 28.3 Å². The first-order valence-electron chi connectivity index (χ1n) is 10.00. The van der Waals surface area contributed by atoms with E-state index in [0.29, 0.717) is 28.0 Å². The number of carbonyl (C=O) groups is 1. The van der Waals surface area contributed by atoms with E-state index in [1.807, 2.05) is 0 Å². The highest BCUT2D eigenvalue weighted by Crippen LogP contribution is 2.16. The van der Waals surface area contributed by atoms with E-state index in [1.54, 1.807) is 48.5 Å². The number of morpholine rings is 1. The van der Waals surface area contributed by atoms with Gasteiger partial charge in [0.2, 0.25) is 0 Å². The molecule has 1 amide bonds. The molecule has 0 unspecified atom stereocenters. The van der Waals surface area contributed by atoms with Crippen LogP contribution in [0.5, 0.6) is 0 Å². The number of hydrogen-bond donors (Lipinski definition) is 1. The lowest BCUT2D eigenvalue weighted by atomic mass is 10.1. The minimum atomic E-state index is -0.295. The number of fused-ring (bicyclic) bond motifs is 1. The van der Waals surface area contributed by atoms with E-state index in [1.165, 1.54) is 4.68 Å². The quantitative estimate of drug-likeness (QED) is 0.613. The second-order valence-electron chi connectivity index (χ2n) is 7.15. The average Bonchev–Trinajstić information content (AvgIpc) is 2.78. The van der Waals surface area contributed by atoms with Crippen LogP contribution in [0.3, 0.4) is 0 Å². The van der Waals surface area contributed by atoms with E-state index in [9.17, 15) is 9.59 Å². The summed E-state index contributed by atoms with van der Waals surface area (Å²) in [6.07, 6.45) is 0.834. The molecule has 1 N–H and O–H groups in total.